The second-order valence-electron chi connectivity index (χ2n) is 4.03. The Bertz CT molecular complexity index is 248. The summed E-state index contributed by atoms with van der Waals surface area (Å²) in [4.78, 5) is 25.8. The number of imide groups is 1. The maximum Gasteiger partial charge on any atom is 0.327 e. The second-order valence-corrected chi connectivity index (χ2v) is 4.03. The molecule has 1 heterocycles. The number of urea groups is 1. The molecule has 0 aromatic rings. The first-order valence-electron chi connectivity index (χ1n) is 4.48. The van der Waals surface area contributed by atoms with Crippen LogP contribution in [-0.4, -0.2) is 40.9 Å². The van der Waals surface area contributed by atoms with Crippen molar-refractivity contribution < 1.29 is 9.59 Å². The third kappa shape index (κ3) is 1.53. The van der Waals surface area contributed by atoms with Crippen LogP contribution in [0.1, 0.15) is 27.2 Å². The van der Waals surface area contributed by atoms with Gasteiger partial charge in [0, 0.05) is 12.6 Å². The van der Waals surface area contributed by atoms with E-state index in [0.29, 0.717) is 0 Å². The zero-order valence-corrected chi connectivity index (χ0v) is 8.63. The molecule has 4 heteroatoms. The number of nitrogens with zero attached hydrogens (tertiary/aromatic N) is 2. The summed E-state index contributed by atoms with van der Waals surface area (Å²) in [7, 11) is 1.64. The van der Waals surface area contributed by atoms with Crippen molar-refractivity contribution in [1.29, 1.82) is 0 Å². The topological polar surface area (TPSA) is 40.6 Å². The van der Waals surface area contributed by atoms with Gasteiger partial charge in [-0.2, -0.15) is 0 Å². The predicted octanol–water partition coefficient (Wildman–Crippen LogP) is 1.07. The Labute approximate surface area is 78.5 Å². The molecule has 1 aliphatic heterocycles. The molecule has 4 nitrogen and oxygen atoms in total. The highest BCUT2D eigenvalue weighted by molar-refractivity contribution is 6.02. The molecule has 0 atom stereocenters. The number of likely N-dealkylation sites (N-methyl/N-ethyl adjacent to an activating group) is 1. The molecular formula is C9H16N2O2. The lowest BCUT2D eigenvalue weighted by molar-refractivity contribution is -0.128. The van der Waals surface area contributed by atoms with Gasteiger partial charge in [0.2, 0.25) is 0 Å². The van der Waals surface area contributed by atoms with E-state index in [0.717, 1.165) is 6.42 Å². The van der Waals surface area contributed by atoms with E-state index < -0.39 is 0 Å². The zero-order chi connectivity index (χ0) is 10.2. The minimum absolute atomic E-state index is 0.0978. The van der Waals surface area contributed by atoms with Crippen LogP contribution in [0.2, 0.25) is 0 Å². The highest BCUT2D eigenvalue weighted by Crippen LogP contribution is 2.23. The molecule has 13 heavy (non-hydrogen) atoms. The summed E-state index contributed by atoms with van der Waals surface area (Å²) in [6.45, 7) is 5.99. The van der Waals surface area contributed by atoms with Gasteiger partial charge in [-0.15, -0.1) is 0 Å². The number of hydrogen-bond donors (Lipinski definition) is 0. The summed E-state index contributed by atoms with van der Waals surface area (Å²) in [5.74, 6) is -0.0978. The van der Waals surface area contributed by atoms with E-state index in [2.05, 4.69) is 0 Å². The minimum atomic E-state index is -0.362. The molecule has 1 aliphatic rings. The highest BCUT2D eigenvalue weighted by Gasteiger charge is 2.41. The maximum atomic E-state index is 11.6. The van der Waals surface area contributed by atoms with Crippen LogP contribution in [0.25, 0.3) is 0 Å². The average Bonchev–Trinajstić information content (AvgIpc) is 2.27. The molecule has 0 saturated carbocycles. The summed E-state index contributed by atoms with van der Waals surface area (Å²) in [5, 5.41) is 0. The number of amides is 3. The maximum absolute atomic E-state index is 11.6. The SMILES string of the molecule is CCC(C)(C)N1C(=O)CN(C)C1=O. The van der Waals surface area contributed by atoms with Gasteiger partial charge in [-0.25, -0.2) is 4.79 Å². The lowest BCUT2D eigenvalue weighted by Crippen LogP contribution is -2.47. The lowest BCUT2D eigenvalue weighted by atomic mass is 10.00. The molecule has 1 saturated heterocycles. The molecule has 0 N–H and O–H groups in total. The summed E-state index contributed by atoms with van der Waals surface area (Å²) in [6, 6.07) is -0.183. The van der Waals surface area contributed by atoms with E-state index >= 15 is 0 Å². The molecule has 1 fully saturated rings. The Morgan fingerprint density at radius 3 is 2.23 bits per heavy atom. The van der Waals surface area contributed by atoms with Crippen LogP contribution in [-0.2, 0) is 4.79 Å². The molecular weight excluding hydrogens is 168 g/mol. The molecule has 0 bridgehead atoms. The van der Waals surface area contributed by atoms with Crippen molar-refractivity contribution in [1.82, 2.24) is 9.80 Å². The van der Waals surface area contributed by atoms with Gasteiger partial charge in [0.1, 0.15) is 6.54 Å². The quantitative estimate of drug-likeness (QED) is 0.602. The summed E-state index contributed by atoms with van der Waals surface area (Å²) in [5.41, 5.74) is -0.362. The molecule has 0 aromatic heterocycles. The molecule has 0 spiro atoms. The fourth-order valence-corrected chi connectivity index (χ4v) is 1.37. The van der Waals surface area contributed by atoms with Crippen LogP contribution in [0.4, 0.5) is 4.79 Å². The van der Waals surface area contributed by atoms with E-state index in [9.17, 15) is 9.59 Å². The number of hydrogen-bond acceptors (Lipinski definition) is 2. The average molecular weight is 184 g/mol. The summed E-state index contributed by atoms with van der Waals surface area (Å²) < 4.78 is 0. The van der Waals surface area contributed by atoms with Gasteiger partial charge < -0.3 is 4.90 Å². The largest absolute Gasteiger partial charge is 0.327 e. The van der Waals surface area contributed by atoms with Crippen molar-refractivity contribution in [2.75, 3.05) is 13.6 Å². The summed E-state index contributed by atoms with van der Waals surface area (Å²) >= 11 is 0. The lowest BCUT2D eigenvalue weighted by Gasteiger charge is -2.32. The van der Waals surface area contributed by atoms with Gasteiger partial charge in [-0.1, -0.05) is 6.92 Å². The van der Waals surface area contributed by atoms with Crippen LogP contribution < -0.4 is 0 Å². The molecule has 0 aromatic carbocycles. The van der Waals surface area contributed by atoms with E-state index in [1.165, 1.54) is 9.80 Å². The van der Waals surface area contributed by atoms with Gasteiger partial charge >= 0.3 is 6.03 Å². The van der Waals surface area contributed by atoms with Gasteiger partial charge in [-0.05, 0) is 20.3 Å². The number of carbonyl (C=O) groups excluding carboxylic acids is 2. The van der Waals surface area contributed by atoms with Gasteiger partial charge in [-0.3, -0.25) is 9.69 Å². The fraction of sp³-hybridized carbons (Fsp3) is 0.778. The fourth-order valence-electron chi connectivity index (χ4n) is 1.37. The molecule has 0 aliphatic carbocycles. The van der Waals surface area contributed by atoms with Crippen LogP contribution in [0.3, 0.4) is 0 Å². The van der Waals surface area contributed by atoms with Crippen LogP contribution in [0, 0.1) is 0 Å². The van der Waals surface area contributed by atoms with Crippen molar-refractivity contribution in [3.63, 3.8) is 0 Å². The van der Waals surface area contributed by atoms with Crippen molar-refractivity contribution in [2.45, 2.75) is 32.7 Å². The Hall–Kier alpha value is -1.06. The third-order valence-electron chi connectivity index (χ3n) is 2.61. The Morgan fingerprint density at radius 2 is 1.92 bits per heavy atom. The normalized spacial score (nSPS) is 18.8. The molecule has 0 unspecified atom stereocenters. The molecule has 1 rings (SSSR count). The standard InChI is InChI=1S/C9H16N2O2/c1-5-9(2,3)11-7(12)6-10(4)8(11)13/h5-6H2,1-4H3. The Morgan fingerprint density at radius 1 is 1.38 bits per heavy atom. The van der Waals surface area contributed by atoms with Crippen molar-refractivity contribution >= 4 is 11.9 Å². The summed E-state index contributed by atoms with van der Waals surface area (Å²) in [6.07, 6.45) is 0.776. The zero-order valence-electron chi connectivity index (χ0n) is 8.63. The van der Waals surface area contributed by atoms with Gasteiger partial charge in [0.15, 0.2) is 0 Å². The van der Waals surface area contributed by atoms with E-state index in [1.54, 1.807) is 7.05 Å². The predicted molar refractivity (Wildman–Crippen MR) is 49.2 cm³/mol. The van der Waals surface area contributed by atoms with Crippen LogP contribution in [0.5, 0.6) is 0 Å². The first-order chi connectivity index (χ1) is 5.90. The van der Waals surface area contributed by atoms with Crippen molar-refractivity contribution in [3.8, 4) is 0 Å². The third-order valence-corrected chi connectivity index (χ3v) is 2.61. The van der Waals surface area contributed by atoms with Gasteiger partial charge in [0.05, 0.1) is 0 Å². The number of rotatable bonds is 2. The molecule has 0 radical (unpaired) electrons. The first-order valence-corrected chi connectivity index (χ1v) is 4.48. The number of carbonyl (C=O) groups is 2. The van der Waals surface area contributed by atoms with E-state index in [-0.39, 0.29) is 24.0 Å². The molecule has 74 valence electrons. The Balaban J connectivity index is 2.92. The van der Waals surface area contributed by atoms with Crippen molar-refractivity contribution in [3.05, 3.63) is 0 Å². The highest BCUT2D eigenvalue weighted by atomic mass is 16.2. The Kier molecular flexibility index (Phi) is 2.32. The van der Waals surface area contributed by atoms with Gasteiger partial charge in [0.25, 0.3) is 5.91 Å². The monoisotopic (exact) mass is 184 g/mol. The van der Waals surface area contributed by atoms with Crippen LogP contribution >= 0.6 is 0 Å². The minimum Gasteiger partial charge on any atom is -0.318 e. The van der Waals surface area contributed by atoms with E-state index in [4.69, 9.17) is 0 Å². The smallest absolute Gasteiger partial charge is 0.318 e. The van der Waals surface area contributed by atoms with Crippen molar-refractivity contribution in [2.24, 2.45) is 0 Å². The second kappa shape index (κ2) is 3.01. The van der Waals surface area contributed by atoms with E-state index in [1.807, 2.05) is 20.8 Å². The molecule has 3 amide bonds. The van der Waals surface area contributed by atoms with Crippen LogP contribution in [0.15, 0.2) is 0 Å². The first kappa shape index (κ1) is 10.0.